The molecule has 0 aliphatic heterocycles. The summed E-state index contributed by atoms with van der Waals surface area (Å²) < 4.78 is 6.48. The minimum Gasteiger partial charge on any atom is -0.456 e. The molecule has 2 aromatic rings. The second-order valence-electron chi connectivity index (χ2n) is 3.48. The largest absolute Gasteiger partial charge is 0.456 e. The number of benzene rings is 2. The lowest BCUT2D eigenvalue weighted by molar-refractivity contribution is 0.281. The van der Waals surface area contributed by atoms with Gasteiger partial charge in [-0.1, -0.05) is 23.7 Å². The minimum absolute atomic E-state index is 0.0327. The van der Waals surface area contributed by atoms with E-state index in [1.165, 1.54) is 0 Å². The van der Waals surface area contributed by atoms with Gasteiger partial charge in [0.2, 0.25) is 0 Å². The van der Waals surface area contributed by atoms with E-state index in [2.05, 4.69) is 15.9 Å². The van der Waals surface area contributed by atoms with Gasteiger partial charge < -0.3 is 9.84 Å². The summed E-state index contributed by atoms with van der Waals surface area (Å²) in [4.78, 5) is 0. The molecule has 0 aliphatic carbocycles. The van der Waals surface area contributed by atoms with Crippen LogP contribution >= 0.6 is 27.5 Å². The Morgan fingerprint density at radius 2 is 1.82 bits per heavy atom. The number of rotatable bonds is 3. The Labute approximate surface area is 113 Å². The van der Waals surface area contributed by atoms with Crippen LogP contribution in [0.2, 0.25) is 5.02 Å². The molecule has 0 radical (unpaired) electrons. The summed E-state index contributed by atoms with van der Waals surface area (Å²) in [6.07, 6.45) is 0. The number of hydrogen-bond acceptors (Lipinski definition) is 2. The van der Waals surface area contributed by atoms with Crippen LogP contribution < -0.4 is 4.74 Å². The number of halogens is 2. The quantitative estimate of drug-likeness (QED) is 0.911. The highest BCUT2D eigenvalue weighted by atomic mass is 79.9. The molecular formula is C13H10BrClO2. The summed E-state index contributed by atoms with van der Waals surface area (Å²) in [5.41, 5.74) is 0.854. The Bertz CT molecular complexity index is 511. The van der Waals surface area contributed by atoms with E-state index in [-0.39, 0.29) is 6.61 Å². The molecule has 0 amide bonds. The minimum atomic E-state index is 0.0327. The van der Waals surface area contributed by atoms with Gasteiger partial charge in [0.05, 0.1) is 11.1 Å². The summed E-state index contributed by atoms with van der Waals surface area (Å²) in [7, 11) is 0. The smallest absolute Gasteiger partial charge is 0.141 e. The molecule has 2 nitrogen and oxygen atoms in total. The van der Waals surface area contributed by atoms with Gasteiger partial charge in [-0.3, -0.25) is 0 Å². The maximum atomic E-state index is 8.93. The van der Waals surface area contributed by atoms with Crippen molar-refractivity contribution in [1.29, 1.82) is 0 Å². The van der Waals surface area contributed by atoms with Crippen molar-refractivity contribution in [3.63, 3.8) is 0 Å². The van der Waals surface area contributed by atoms with Crippen molar-refractivity contribution in [2.45, 2.75) is 6.61 Å². The zero-order chi connectivity index (χ0) is 12.3. The van der Waals surface area contributed by atoms with Crippen LogP contribution in [0.5, 0.6) is 11.5 Å². The molecule has 88 valence electrons. The van der Waals surface area contributed by atoms with E-state index in [1.54, 1.807) is 18.2 Å². The van der Waals surface area contributed by atoms with Crippen LogP contribution in [0.15, 0.2) is 46.9 Å². The van der Waals surface area contributed by atoms with Crippen LogP contribution in [-0.4, -0.2) is 5.11 Å². The van der Waals surface area contributed by atoms with Gasteiger partial charge in [-0.25, -0.2) is 0 Å². The zero-order valence-electron chi connectivity index (χ0n) is 8.86. The Morgan fingerprint density at radius 3 is 2.41 bits per heavy atom. The summed E-state index contributed by atoms with van der Waals surface area (Å²) in [5, 5.41) is 9.58. The number of ether oxygens (including phenoxy) is 1. The number of aliphatic hydroxyl groups excluding tert-OH is 1. The second-order valence-corrected chi connectivity index (χ2v) is 4.77. The second kappa shape index (κ2) is 5.54. The van der Waals surface area contributed by atoms with Gasteiger partial charge in [-0.2, -0.15) is 0 Å². The molecule has 0 bridgehead atoms. The molecule has 1 N–H and O–H groups in total. The molecule has 0 unspecified atom stereocenters. The lowest BCUT2D eigenvalue weighted by atomic mass is 10.2. The van der Waals surface area contributed by atoms with Crippen molar-refractivity contribution >= 4 is 27.5 Å². The van der Waals surface area contributed by atoms with E-state index in [4.69, 9.17) is 21.4 Å². The average molecular weight is 314 g/mol. The van der Waals surface area contributed by atoms with Gasteiger partial charge in [0.25, 0.3) is 0 Å². The van der Waals surface area contributed by atoms with Gasteiger partial charge in [0.1, 0.15) is 11.5 Å². The fourth-order valence-electron chi connectivity index (χ4n) is 1.35. The SMILES string of the molecule is OCc1ccc(Oc2ccc(Cl)cc2Br)cc1. The molecule has 0 fully saturated rings. The van der Waals surface area contributed by atoms with Crippen molar-refractivity contribution in [1.82, 2.24) is 0 Å². The first-order valence-corrected chi connectivity index (χ1v) is 6.19. The van der Waals surface area contributed by atoms with Crippen molar-refractivity contribution in [2.75, 3.05) is 0 Å². The number of aliphatic hydroxyl groups is 1. The summed E-state index contributed by atoms with van der Waals surface area (Å²) in [6.45, 7) is 0.0327. The molecular weight excluding hydrogens is 303 g/mol. The third-order valence-corrected chi connectivity index (χ3v) is 3.08. The van der Waals surface area contributed by atoms with Gasteiger partial charge in [0, 0.05) is 5.02 Å². The van der Waals surface area contributed by atoms with Crippen molar-refractivity contribution < 1.29 is 9.84 Å². The van der Waals surface area contributed by atoms with Crippen molar-refractivity contribution in [3.05, 3.63) is 57.5 Å². The predicted octanol–water partition coefficient (Wildman–Crippen LogP) is 4.39. The molecule has 0 atom stereocenters. The topological polar surface area (TPSA) is 29.5 Å². The van der Waals surface area contributed by atoms with E-state index in [0.717, 1.165) is 10.0 Å². The molecule has 2 aromatic carbocycles. The molecule has 0 aromatic heterocycles. The highest BCUT2D eigenvalue weighted by molar-refractivity contribution is 9.10. The van der Waals surface area contributed by atoms with Crippen molar-refractivity contribution in [3.8, 4) is 11.5 Å². The van der Waals surface area contributed by atoms with E-state index >= 15 is 0 Å². The predicted molar refractivity (Wildman–Crippen MR) is 71.6 cm³/mol. The Kier molecular flexibility index (Phi) is 4.05. The maximum absolute atomic E-state index is 8.93. The van der Waals surface area contributed by atoms with Crippen LogP contribution in [0.4, 0.5) is 0 Å². The van der Waals surface area contributed by atoms with Crippen LogP contribution in [0.3, 0.4) is 0 Å². The van der Waals surface area contributed by atoms with Gasteiger partial charge in [-0.15, -0.1) is 0 Å². The summed E-state index contributed by atoms with van der Waals surface area (Å²) >= 11 is 9.23. The third kappa shape index (κ3) is 3.22. The fraction of sp³-hybridized carbons (Fsp3) is 0.0769. The molecule has 0 aliphatic rings. The number of hydrogen-bond donors (Lipinski definition) is 1. The Balaban J connectivity index is 2.19. The van der Waals surface area contributed by atoms with E-state index < -0.39 is 0 Å². The van der Waals surface area contributed by atoms with Crippen LogP contribution in [-0.2, 0) is 6.61 Å². The van der Waals surface area contributed by atoms with Crippen LogP contribution in [0, 0.1) is 0 Å². The third-order valence-electron chi connectivity index (χ3n) is 2.23. The maximum Gasteiger partial charge on any atom is 0.141 e. The first-order chi connectivity index (χ1) is 8.19. The standard InChI is InChI=1S/C13H10BrClO2/c14-12-7-10(15)3-6-13(12)17-11-4-1-9(8-16)2-5-11/h1-7,16H,8H2. The molecule has 0 saturated carbocycles. The molecule has 2 rings (SSSR count). The van der Waals surface area contributed by atoms with E-state index in [1.807, 2.05) is 24.3 Å². The zero-order valence-corrected chi connectivity index (χ0v) is 11.2. The van der Waals surface area contributed by atoms with E-state index in [9.17, 15) is 0 Å². The average Bonchev–Trinajstić information content (AvgIpc) is 2.34. The van der Waals surface area contributed by atoms with Gasteiger partial charge in [0.15, 0.2) is 0 Å². The molecule has 17 heavy (non-hydrogen) atoms. The Hall–Kier alpha value is -1.03. The lowest BCUT2D eigenvalue weighted by Gasteiger charge is -2.08. The normalized spacial score (nSPS) is 10.3. The first kappa shape index (κ1) is 12.4. The van der Waals surface area contributed by atoms with Crippen LogP contribution in [0.25, 0.3) is 0 Å². The molecule has 0 spiro atoms. The monoisotopic (exact) mass is 312 g/mol. The highest BCUT2D eigenvalue weighted by Gasteiger charge is 2.03. The first-order valence-electron chi connectivity index (χ1n) is 5.02. The fourth-order valence-corrected chi connectivity index (χ4v) is 2.11. The molecule has 0 saturated heterocycles. The molecule has 0 heterocycles. The molecule has 4 heteroatoms. The highest BCUT2D eigenvalue weighted by Crippen LogP contribution is 2.31. The van der Waals surface area contributed by atoms with Gasteiger partial charge >= 0.3 is 0 Å². The lowest BCUT2D eigenvalue weighted by Crippen LogP contribution is -1.87. The van der Waals surface area contributed by atoms with Crippen molar-refractivity contribution in [2.24, 2.45) is 0 Å². The van der Waals surface area contributed by atoms with Gasteiger partial charge in [-0.05, 0) is 51.8 Å². The summed E-state index contributed by atoms with van der Waals surface area (Å²) in [5.74, 6) is 1.41. The summed E-state index contributed by atoms with van der Waals surface area (Å²) in [6, 6.07) is 12.6. The van der Waals surface area contributed by atoms with E-state index in [0.29, 0.717) is 16.5 Å². The van der Waals surface area contributed by atoms with Crippen LogP contribution in [0.1, 0.15) is 5.56 Å². The Morgan fingerprint density at radius 1 is 1.12 bits per heavy atom.